The van der Waals surface area contributed by atoms with Crippen LogP contribution in [0.15, 0.2) is 18.3 Å². The zero-order valence-electron chi connectivity index (χ0n) is 12.4. The van der Waals surface area contributed by atoms with Crippen molar-refractivity contribution in [2.24, 2.45) is 7.05 Å². The van der Waals surface area contributed by atoms with Crippen molar-refractivity contribution in [3.63, 3.8) is 0 Å². The first-order valence-electron chi connectivity index (χ1n) is 7.15. The van der Waals surface area contributed by atoms with Gasteiger partial charge in [0.15, 0.2) is 0 Å². The molecular weight excluding hydrogens is 250 g/mol. The number of fused-ring (bicyclic) bond motifs is 1. The molecule has 0 spiro atoms. The van der Waals surface area contributed by atoms with Crippen LogP contribution in [-0.2, 0) is 7.05 Å². The Morgan fingerprint density at radius 3 is 2.50 bits per heavy atom. The van der Waals surface area contributed by atoms with Gasteiger partial charge in [0.1, 0.15) is 0 Å². The minimum absolute atomic E-state index is 0.158. The summed E-state index contributed by atoms with van der Waals surface area (Å²) in [5.74, 6) is 0.158. The first-order valence-corrected chi connectivity index (χ1v) is 7.15. The van der Waals surface area contributed by atoms with Crippen LogP contribution in [0.1, 0.15) is 21.5 Å². The molecule has 0 saturated carbocycles. The number of benzene rings is 1. The summed E-state index contributed by atoms with van der Waals surface area (Å²) in [6.45, 7) is 7.53. The summed E-state index contributed by atoms with van der Waals surface area (Å²) in [6.07, 6.45) is 1.98. The molecule has 1 aliphatic heterocycles. The van der Waals surface area contributed by atoms with E-state index in [1.807, 2.05) is 18.1 Å². The van der Waals surface area contributed by atoms with Crippen molar-refractivity contribution in [3.8, 4) is 0 Å². The molecule has 106 valence electrons. The molecule has 2 heterocycles. The van der Waals surface area contributed by atoms with Gasteiger partial charge in [-0.3, -0.25) is 4.79 Å². The molecule has 4 nitrogen and oxygen atoms in total. The standard InChI is InChI=1S/C16H21N3O/c1-11-4-5-12(2)15-14(11)13(10-18(15)3)16(20)19-8-6-17-7-9-19/h4-5,10,17H,6-9H2,1-3H3. The minimum Gasteiger partial charge on any atom is -0.349 e. The van der Waals surface area contributed by atoms with E-state index in [1.165, 1.54) is 16.6 Å². The number of aryl methyl sites for hydroxylation is 3. The van der Waals surface area contributed by atoms with Gasteiger partial charge in [-0.1, -0.05) is 12.1 Å². The summed E-state index contributed by atoms with van der Waals surface area (Å²) in [4.78, 5) is 14.7. The van der Waals surface area contributed by atoms with E-state index in [1.54, 1.807) is 0 Å². The molecule has 4 heteroatoms. The van der Waals surface area contributed by atoms with E-state index in [-0.39, 0.29) is 5.91 Å². The molecule has 0 aliphatic carbocycles. The number of nitrogens with one attached hydrogen (secondary N) is 1. The summed E-state index contributed by atoms with van der Waals surface area (Å²) in [6, 6.07) is 4.23. The van der Waals surface area contributed by atoms with Gasteiger partial charge >= 0.3 is 0 Å². The number of aromatic nitrogens is 1. The van der Waals surface area contributed by atoms with Crippen molar-refractivity contribution in [3.05, 3.63) is 35.0 Å². The van der Waals surface area contributed by atoms with Gasteiger partial charge < -0.3 is 14.8 Å². The lowest BCUT2D eigenvalue weighted by Crippen LogP contribution is -2.46. The number of carbonyl (C=O) groups is 1. The average molecular weight is 271 g/mol. The lowest BCUT2D eigenvalue weighted by molar-refractivity contribution is 0.0737. The van der Waals surface area contributed by atoms with Crippen LogP contribution >= 0.6 is 0 Å². The van der Waals surface area contributed by atoms with Crippen molar-refractivity contribution in [1.29, 1.82) is 0 Å². The van der Waals surface area contributed by atoms with E-state index in [0.29, 0.717) is 0 Å². The lowest BCUT2D eigenvalue weighted by Gasteiger charge is -2.27. The van der Waals surface area contributed by atoms with Gasteiger partial charge in [-0.05, 0) is 25.0 Å². The molecule has 1 aromatic carbocycles. The van der Waals surface area contributed by atoms with Crippen molar-refractivity contribution in [1.82, 2.24) is 14.8 Å². The summed E-state index contributed by atoms with van der Waals surface area (Å²) in [5, 5.41) is 4.39. The molecule has 0 unspecified atom stereocenters. The van der Waals surface area contributed by atoms with Crippen LogP contribution in [0.25, 0.3) is 10.9 Å². The summed E-state index contributed by atoms with van der Waals surface area (Å²) in [5.41, 5.74) is 4.39. The molecule has 20 heavy (non-hydrogen) atoms. The number of nitrogens with zero attached hydrogens (tertiary/aromatic N) is 2. The van der Waals surface area contributed by atoms with Gasteiger partial charge in [0, 0.05) is 44.8 Å². The van der Waals surface area contributed by atoms with Gasteiger partial charge in [-0.2, -0.15) is 0 Å². The Morgan fingerprint density at radius 1 is 1.15 bits per heavy atom. The summed E-state index contributed by atoms with van der Waals surface area (Å²) in [7, 11) is 2.02. The van der Waals surface area contributed by atoms with E-state index in [4.69, 9.17) is 0 Å². The van der Waals surface area contributed by atoms with Crippen LogP contribution < -0.4 is 5.32 Å². The van der Waals surface area contributed by atoms with Crippen LogP contribution in [0, 0.1) is 13.8 Å². The molecule has 0 bridgehead atoms. The zero-order valence-corrected chi connectivity index (χ0v) is 12.4. The van der Waals surface area contributed by atoms with Gasteiger partial charge in [0.2, 0.25) is 0 Å². The molecule has 0 atom stereocenters. The Bertz CT molecular complexity index is 666. The van der Waals surface area contributed by atoms with E-state index < -0.39 is 0 Å². The van der Waals surface area contributed by atoms with E-state index in [0.717, 1.165) is 37.1 Å². The number of carbonyl (C=O) groups excluding carboxylic acids is 1. The maximum atomic E-state index is 12.8. The highest BCUT2D eigenvalue weighted by Crippen LogP contribution is 2.28. The maximum absolute atomic E-state index is 12.8. The molecule has 1 aromatic heterocycles. The Morgan fingerprint density at radius 2 is 1.80 bits per heavy atom. The molecule has 1 N–H and O–H groups in total. The summed E-state index contributed by atoms with van der Waals surface area (Å²) >= 11 is 0. The lowest BCUT2D eigenvalue weighted by atomic mass is 10.0. The third-order valence-corrected chi connectivity index (χ3v) is 4.17. The first kappa shape index (κ1) is 13.2. The molecule has 1 fully saturated rings. The Labute approximate surface area is 119 Å². The molecule has 1 saturated heterocycles. The van der Waals surface area contributed by atoms with Crippen molar-refractivity contribution < 1.29 is 4.79 Å². The highest BCUT2D eigenvalue weighted by molar-refractivity contribution is 6.08. The number of hydrogen-bond donors (Lipinski definition) is 1. The van der Waals surface area contributed by atoms with E-state index in [9.17, 15) is 4.79 Å². The van der Waals surface area contributed by atoms with Crippen molar-refractivity contribution in [2.75, 3.05) is 26.2 Å². The fourth-order valence-corrected chi connectivity index (χ4v) is 3.11. The van der Waals surface area contributed by atoms with Crippen LogP contribution in [0.5, 0.6) is 0 Å². The first-order chi connectivity index (χ1) is 9.59. The van der Waals surface area contributed by atoms with Crippen molar-refractivity contribution >= 4 is 16.8 Å². The van der Waals surface area contributed by atoms with Gasteiger partial charge in [0.25, 0.3) is 5.91 Å². The molecule has 1 aliphatic rings. The number of rotatable bonds is 1. The number of hydrogen-bond acceptors (Lipinski definition) is 2. The van der Waals surface area contributed by atoms with Crippen LogP contribution in [0.4, 0.5) is 0 Å². The average Bonchev–Trinajstić information content (AvgIpc) is 2.82. The molecule has 0 radical (unpaired) electrons. The third kappa shape index (κ3) is 2.00. The normalized spacial score (nSPS) is 15.8. The molecule has 1 amide bonds. The predicted octanol–water partition coefficient (Wildman–Crippen LogP) is 1.84. The Kier molecular flexibility index (Phi) is 3.26. The topological polar surface area (TPSA) is 37.3 Å². The largest absolute Gasteiger partial charge is 0.349 e. The SMILES string of the molecule is Cc1ccc(C)c2c1c(C(=O)N1CCNCC1)cn2C. The second-order valence-electron chi connectivity index (χ2n) is 5.62. The van der Waals surface area contributed by atoms with Crippen LogP contribution in [0.2, 0.25) is 0 Å². The minimum atomic E-state index is 0.158. The maximum Gasteiger partial charge on any atom is 0.256 e. The monoisotopic (exact) mass is 271 g/mol. The number of piperazine rings is 1. The quantitative estimate of drug-likeness (QED) is 0.859. The van der Waals surface area contributed by atoms with Gasteiger partial charge in [0.05, 0.1) is 11.1 Å². The smallest absolute Gasteiger partial charge is 0.256 e. The fourth-order valence-electron chi connectivity index (χ4n) is 3.11. The predicted molar refractivity (Wildman–Crippen MR) is 81.2 cm³/mol. The third-order valence-electron chi connectivity index (χ3n) is 4.17. The fraction of sp³-hybridized carbons (Fsp3) is 0.438. The summed E-state index contributed by atoms with van der Waals surface area (Å²) < 4.78 is 2.08. The Hall–Kier alpha value is -1.81. The number of amides is 1. The van der Waals surface area contributed by atoms with Crippen LogP contribution in [-0.4, -0.2) is 41.6 Å². The van der Waals surface area contributed by atoms with E-state index >= 15 is 0 Å². The Balaban J connectivity index is 2.12. The molecule has 3 rings (SSSR count). The second kappa shape index (κ2) is 4.94. The second-order valence-corrected chi connectivity index (χ2v) is 5.62. The van der Waals surface area contributed by atoms with Gasteiger partial charge in [-0.25, -0.2) is 0 Å². The van der Waals surface area contributed by atoms with Crippen LogP contribution in [0.3, 0.4) is 0 Å². The highest BCUT2D eigenvalue weighted by atomic mass is 16.2. The van der Waals surface area contributed by atoms with Gasteiger partial charge in [-0.15, -0.1) is 0 Å². The molecule has 2 aromatic rings. The highest BCUT2D eigenvalue weighted by Gasteiger charge is 2.23. The van der Waals surface area contributed by atoms with Crippen molar-refractivity contribution in [2.45, 2.75) is 13.8 Å². The zero-order chi connectivity index (χ0) is 14.3. The molecular formula is C16H21N3O. The van der Waals surface area contributed by atoms with E-state index in [2.05, 4.69) is 35.9 Å².